The highest BCUT2D eigenvalue weighted by molar-refractivity contribution is 5.45. The number of hydrogen-bond acceptors (Lipinski definition) is 5. The molecule has 3 rings (SSSR count). The standard InChI is InChI=1S/C17H21N5O/c1-3-13-4-6-14(7-5-13)8-9-18-16-10-15(11-23-2)21-17-19-12-20-22(16)17/h4-7,10,12,18H,3,8-9,11H2,1-2H3. The molecule has 0 saturated heterocycles. The normalized spacial score (nSPS) is 11.0. The van der Waals surface area contributed by atoms with E-state index >= 15 is 0 Å². The molecule has 0 fully saturated rings. The molecule has 0 spiro atoms. The lowest BCUT2D eigenvalue weighted by atomic mass is 10.1. The van der Waals surface area contributed by atoms with E-state index < -0.39 is 0 Å². The first-order chi connectivity index (χ1) is 11.3. The van der Waals surface area contributed by atoms with E-state index in [1.165, 1.54) is 17.5 Å². The predicted molar refractivity (Wildman–Crippen MR) is 89.5 cm³/mol. The van der Waals surface area contributed by atoms with Gasteiger partial charge in [0.25, 0.3) is 5.78 Å². The maximum absolute atomic E-state index is 5.16. The van der Waals surface area contributed by atoms with Crippen LogP contribution in [0, 0.1) is 0 Å². The van der Waals surface area contributed by atoms with Crippen LogP contribution < -0.4 is 5.32 Å². The van der Waals surface area contributed by atoms with Crippen LogP contribution in [0.2, 0.25) is 0 Å². The van der Waals surface area contributed by atoms with Crippen molar-refractivity contribution in [3.05, 3.63) is 53.5 Å². The van der Waals surface area contributed by atoms with Gasteiger partial charge in [0.2, 0.25) is 0 Å². The van der Waals surface area contributed by atoms with E-state index in [1.807, 2.05) is 6.07 Å². The lowest BCUT2D eigenvalue weighted by Gasteiger charge is -2.10. The Hall–Kier alpha value is -2.47. The average molecular weight is 311 g/mol. The fourth-order valence-electron chi connectivity index (χ4n) is 2.49. The smallest absolute Gasteiger partial charge is 0.254 e. The van der Waals surface area contributed by atoms with Gasteiger partial charge in [0.05, 0.1) is 12.3 Å². The van der Waals surface area contributed by atoms with Crippen LogP contribution in [0.3, 0.4) is 0 Å². The number of anilines is 1. The second-order valence-corrected chi connectivity index (χ2v) is 5.38. The number of aromatic nitrogens is 4. The van der Waals surface area contributed by atoms with Gasteiger partial charge in [0.1, 0.15) is 12.1 Å². The van der Waals surface area contributed by atoms with Crippen molar-refractivity contribution in [1.82, 2.24) is 19.6 Å². The summed E-state index contributed by atoms with van der Waals surface area (Å²) in [5, 5.41) is 7.62. The second kappa shape index (κ2) is 7.19. The summed E-state index contributed by atoms with van der Waals surface area (Å²) < 4.78 is 6.86. The molecule has 1 aromatic carbocycles. The zero-order chi connectivity index (χ0) is 16.1. The molecule has 0 aliphatic carbocycles. The molecule has 0 unspecified atom stereocenters. The molecule has 6 nitrogen and oxygen atoms in total. The molecule has 120 valence electrons. The summed E-state index contributed by atoms with van der Waals surface area (Å²) in [7, 11) is 1.66. The number of rotatable bonds is 7. The minimum atomic E-state index is 0.455. The van der Waals surface area contributed by atoms with Crippen LogP contribution in [0.15, 0.2) is 36.7 Å². The van der Waals surface area contributed by atoms with Crippen LogP contribution in [-0.2, 0) is 24.2 Å². The Morgan fingerprint density at radius 3 is 2.70 bits per heavy atom. The summed E-state index contributed by atoms with van der Waals surface area (Å²) >= 11 is 0. The molecule has 0 aliphatic heterocycles. The predicted octanol–water partition coefficient (Wildman–Crippen LogP) is 2.49. The lowest BCUT2D eigenvalue weighted by molar-refractivity contribution is 0.181. The van der Waals surface area contributed by atoms with Gasteiger partial charge < -0.3 is 10.1 Å². The van der Waals surface area contributed by atoms with Crippen molar-refractivity contribution < 1.29 is 4.74 Å². The Bertz CT molecular complexity index is 766. The Morgan fingerprint density at radius 2 is 1.96 bits per heavy atom. The lowest BCUT2D eigenvalue weighted by Crippen LogP contribution is -2.11. The Labute approximate surface area is 135 Å². The average Bonchev–Trinajstić information content (AvgIpc) is 3.04. The number of benzene rings is 1. The van der Waals surface area contributed by atoms with Gasteiger partial charge in [-0.25, -0.2) is 4.98 Å². The number of aryl methyl sites for hydroxylation is 1. The van der Waals surface area contributed by atoms with Crippen molar-refractivity contribution >= 4 is 11.6 Å². The van der Waals surface area contributed by atoms with Crippen LogP contribution in [0.1, 0.15) is 23.7 Å². The topological polar surface area (TPSA) is 64.3 Å². The van der Waals surface area contributed by atoms with E-state index in [0.717, 1.165) is 30.9 Å². The van der Waals surface area contributed by atoms with E-state index in [9.17, 15) is 0 Å². The summed E-state index contributed by atoms with van der Waals surface area (Å²) in [6.45, 7) is 3.44. The molecule has 1 N–H and O–H groups in total. The van der Waals surface area contributed by atoms with Gasteiger partial charge in [0, 0.05) is 19.7 Å². The summed E-state index contributed by atoms with van der Waals surface area (Å²) in [4.78, 5) is 8.55. The van der Waals surface area contributed by atoms with Gasteiger partial charge in [-0.15, -0.1) is 0 Å². The molecule has 2 aromatic heterocycles. The fourth-order valence-corrected chi connectivity index (χ4v) is 2.49. The van der Waals surface area contributed by atoms with Crippen LogP contribution in [0.5, 0.6) is 0 Å². The highest BCUT2D eigenvalue weighted by Crippen LogP contribution is 2.12. The number of nitrogens with one attached hydrogen (secondary N) is 1. The molecule has 23 heavy (non-hydrogen) atoms. The van der Waals surface area contributed by atoms with E-state index in [-0.39, 0.29) is 0 Å². The van der Waals surface area contributed by atoms with Crippen molar-refractivity contribution in [2.45, 2.75) is 26.4 Å². The quantitative estimate of drug-likeness (QED) is 0.726. The van der Waals surface area contributed by atoms with Crippen molar-refractivity contribution in [2.24, 2.45) is 0 Å². The number of methoxy groups -OCH3 is 1. The SMILES string of the molecule is CCc1ccc(CCNc2cc(COC)nc3ncnn23)cc1. The number of nitrogens with zero attached hydrogens (tertiary/aromatic N) is 4. The third kappa shape index (κ3) is 3.65. The molecule has 6 heteroatoms. The molecule has 0 radical (unpaired) electrons. The summed E-state index contributed by atoms with van der Waals surface area (Å²) in [5.74, 6) is 1.46. The molecular weight excluding hydrogens is 290 g/mol. The van der Waals surface area contributed by atoms with Gasteiger partial charge in [-0.2, -0.15) is 14.6 Å². The summed E-state index contributed by atoms with van der Waals surface area (Å²) in [6.07, 6.45) is 3.53. The van der Waals surface area contributed by atoms with Crippen molar-refractivity contribution in [3.63, 3.8) is 0 Å². The van der Waals surface area contributed by atoms with E-state index in [0.29, 0.717) is 12.4 Å². The fraction of sp³-hybridized carbons (Fsp3) is 0.353. The first-order valence-corrected chi connectivity index (χ1v) is 7.80. The largest absolute Gasteiger partial charge is 0.378 e. The monoisotopic (exact) mass is 311 g/mol. The maximum atomic E-state index is 5.16. The Balaban J connectivity index is 1.69. The molecule has 0 saturated carbocycles. The second-order valence-electron chi connectivity index (χ2n) is 5.38. The number of ether oxygens (including phenoxy) is 1. The van der Waals surface area contributed by atoms with Crippen LogP contribution in [0.25, 0.3) is 5.78 Å². The third-order valence-corrected chi connectivity index (χ3v) is 3.75. The summed E-state index contributed by atoms with van der Waals surface area (Å²) in [5.41, 5.74) is 3.52. The minimum absolute atomic E-state index is 0.455. The molecule has 2 heterocycles. The van der Waals surface area contributed by atoms with E-state index in [1.54, 1.807) is 11.6 Å². The molecule has 3 aromatic rings. The van der Waals surface area contributed by atoms with Crippen LogP contribution in [0.4, 0.5) is 5.82 Å². The van der Waals surface area contributed by atoms with Crippen LogP contribution >= 0.6 is 0 Å². The third-order valence-electron chi connectivity index (χ3n) is 3.75. The van der Waals surface area contributed by atoms with Gasteiger partial charge >= 0.3 is 0 Å². The molecule has 0 amide bonds. The van der Waals surface area contributed by atoms with Gasteiger partial charge in [-0.3, -0.25) is 0 Å². The van der Waals surface area contributed by atoms with Gasteiger partial charge in [-0.1, -0.05) is 31.2 Å². The van der Waals surface area contributed by atoms with Gasteiger partial charge in [-0.05, 0) is 24.0 Å². The molecule has 0 aliphatic rings. The van der Waals surface area contributed by atoms with Crippen molar-refractivity contribution in [2.75, 3.05) is 19.0 Å². The Kier molecular flexibility index (Phi) is 4.83. The molecule has 0 atom stereocenters. The molecule has 0 bridgehead atoms. The number of hydrogen-bond donors (Lipinski definition) is 1. The number of fused-ring (bicyclic) bond motifs is 1. The highest BCUT2D eigenvalue weighted by Gasteiger charge is 2.07. The van der Waals surface area contributed by atoms with Crippen molar-refractivity contribution in [3.8, 4) is 0 Å². The van der Waals surface area contributed by atoms with Gasteiger partial charge in [0.15, 0.2) is 0 Å². The first-order valence-electron chi connectivity index (χ1n) is 7.80. The zero-order valence-electron chi connectivity index (χ0n) is 13.5. The minimum Gasteiger partial charge on any atom is -0.378 e. The molecular formula is C17H21N5O. The zero-order valence-corrected chi connectivity index (χ0v) is 13.5. The van der Waals surface area contributed by atoms with E-state index in [4.69, 9.17) is 4.74 Å². The summed E-state index contributed by atoms with van der Waals surface area (Å²) in [6, 6.07) is 10.7. The maximum Gasteiger partial charge on any atom is 0.254 e. The first kappa shape index (κ1) is 15.4. The highest BCUT2D eigenvalue weighted by atomic mass is 16.5. The van der Waals surface area contributed by atoms with Crippen molar-refractivity contribution in [1.29, 1.82) is 0 Å². The Morgan fingerprint density at radius 1 is 1.17 bits per heavy atom. The van der Waals surface area contributed by atoms with E-state index in [2.05, 4.69) is 51.6 Å². The van der Waals surface area contributed by atoms with Crippen LogP contribution in [-0.4, -0.2) is 33.2 Å².